The van der Waals surface area contributed by atoms with Crippen molar-refractivity contribution >= 4 is 12.3 Å². The number of hydrogen-bond acceptors (Lipinski definition) is 4. The maximum absolute atomic E-state index is 11.2. The Morgan fingerprint density at radius 1 is 1.50 bits per heavy atom. The summed E-state index contributed by atoms with van der Waals surface area (Å²) in [7, 11) is 0. The zero-order valence-electron chi connectivity index (χ0n) is 8.41. The highest BCUT2D eigenvalue weighted by Gasteiger charge is 2.17. The Morgan fingerprint density at radius 2 is 2.21 bits per heavy atom. The van der Waals surface area contributed by atoms with Crippen LogP contribution in [0.5, 0.6) is 0 Å². The lowest BCUT2D eigenvalue weighted by atomic mass is 10.3. The summed E-state index contributed by atoms with van der Waals surface area (Å²) in [5.41, 5.74) is 4.20. The first kappa shape index (κ1) is 12.9. The molecule has 2 amide bonds. The van der Waals surface area contributed by atoms with E-state index in [0.29, 0.717) is 19.4 Å². The maximum atomic E-state index is 11.2. The van der Waals surface area contributed by atoms with E-state index in [1.54, 1.807) is 6.92 Å². The number of hydrogen-bond donors (Lipinski definition) is 2. The molecule has 0 aliphatic rings. The van der Waals surface area contributed by atoms with Gasteiger partial charge in [0.2, 0.25) is 6.41 Å². The second-order valence-electron chi connectivity index (χ2n) is 2.57. The van der Waals surface area contributed by atoms with Crippen molar-refractivity contribution in [3.63, 3.8) is 0 Å². The van der Waals surface area contributed by atoms with Crippen LogP contribution in [-0.4, -0.2) is 25.0 Å². The summed E-state index contributed by atoms with van der Waals surface area (Å²) in [5, 5.41) is 0. The second-order valence-corrected chi connectivity index (χ2v) is 2.57. The van der Waals surface area contributed by atoms with Gasteiger partial charge in [-0.2, -0.15) is 0 Å². The first-order valence-corrected chi connectivity index (χ1v) is 4.52. The zero-order chi connectivity index (χ0) is 10.8. The highest BCUT2D eigenvalue weighted by Crippen LogP contribution is 1.95. The van der Waals surface area contributed by atoms with Crippen molar-refractivity contribution in [3.8, 4) is 0 Å². The zero-order valence-corrected chi connectivity index (χ0v) is 8.41. The molecule has 0 bridgehead atoms. The summed E-state index contributed by atoms with van der Waals surface area (Å²) in [4.78, 5) is 30.7. The number of amides is 2. The van der Waals surface area contributed by atoms with Crippen molar-refractivity contribution in [2.75, 3.05) is 6.61 Å². The van der Waals surface area contributed by atoms with Crippen LogP contribution in [0.3, 0.4) is 0 Å². The second kappa shape index (κ2) is 8.46. The van der Waals surface area contributed by atoms with Gasteiger partial charge in [-0.15, -0.1) is 0 Å². The summed E-state index contributed by atoms with van der Waals surface area (Å²) >= 11 is 0. The Kier molecular flexibility index (Phi) is 7.77. The van der Waals surface area contributed by atoms with E-state index in [2.05, 4.69) is 5.48 Å². The van der Waals surface area contributed by atoms with Crippen LogP contribution in [0.2, 0.25) is 0 Å². The van der Waals surface area contributed by atoms with Crippen LogP contribution in [0, 0.1) is 0 Å². The normalized spacial score (nSPS) is 11.9. The molecule has 0 spiro atoms. The smallest absolute Gasteiger partial charge is 0.275 e. The molecule has 14 heavy (non-hydrogen) atoms. The van der Waals surface area contributed by atoms with E-state index < -0.39 is 12.0 Å². The van der Waals surface area contributed by atoms with Crippen molar-refractivity contribution in [1.82, 2.24) is 11.0 Å². The van der Waals surface area contributed by atoms with Crippen LogP contribution >= 0.6 is 0 Å². The average molecular weight is 204 g/mol. The van der Waals surface area contributed by atoms with E-state index in [1.165, 1.54) is 0 Å². The van der Waals surface area contributed by atoms with Crippen molar-refractivity contribution < 1.29 is 19.3 Å². The fraction of sp³-hybridized carbons (Fsp3) is 0.750. The van der Waals surface area contributed by atoms with Crippen molar-refractivity contribution in [2.24, 2.45) is 0 Å². The fourth-order valence-electron chi connectivity index (χ4n) is 0.722. The molecule has 0 aliphatic heterocycles. The van der Waals surface area contributed by atoms with Crippen LogP contribution in [-0.2, 0) is 19.3 Å². The van der Waals surface area contributed by atoms with E-state index in [1.807, 2.05) is 12.4 Å². The highest BCUT2D eigenvalue weighted by atomic mass is 16.7. The molecular formula is C8H16N2O4. The van der Waals surface area contributed by atoms with Crippen molar-refractivity contribution in [3.05, 3.63) is 0 Å². The van der Waals surface area contributed by atoms with E-state index in [4.69, 9.17) is 9.68 Å². The molecule has 0 fully saturated rings. The van der Waals surface area contributed by atoms with Gasteiger partial charge in [0.15, 0.2) is 6.10 Å². The molecule has 0 aliphatic carbocycles. The Morgan fingerprint density at radius 3 is 2.71 bits per heavy atom. The van der Waals surface area contributed by atoms with Crippen molar-refractivity contribution in [1.29, 1.82) is 0 Å². The van der Waals surface area contributed by atoms with Crippen LogP contribution in [0.4, 0.5) is 0 Å². The predicted octanol–water partition coefficient (Wildman–Crippen LogP) is -0.0996. The highest BCUT2D eigenvalue weighted by molar-refractivity contribution is 5.79. The van der Waals surface area contributed by atoms with Crippen molar-refractivity contribution in [2.45, 2.75) is 32.8 Å². The Hall–Kier alpha value is -1.14. The Balaban J connectivity index is 3.73. The minimum absolute atomic E-state index is 0.364. The molecule has 82 valence electrons. The molecule has 0 aromatic carbocycles. The minimum Gasteiger partial charge on any atom is -0.277 e. The number of hydroxylamine groups is 2. The van der Waals surface area contributed by atoms with Crippen LogP contribution in [0.1, 0.15) is 26.7 Å². The summed E-state index contributed by atoms with van der Waals surface area (Å²) in [5.74, 6) is -0.407. The first-order chi connectivity index (χ1) is 6.76. The molecule has 0 aromatic rings. The van der Waals surface area contributed by atoms with Gasteiger partial charge in [0.1, 0.15) is 0 Å². The molecule has 1 unspecified atom stereocenters. The lowest BCUT2D eigenvalue weighted by molar-refractivity contribution is -0.153. The van der Waals surface area contributed by atoms with Crippen LogP contribution < -0.4 is 11.0 Å². The van der Waals surface area contributed by atoms with E-state index in [9.17, 15) is 9.59 Å². The molecule has 6 nitrogen and oxygen atoms in total. The summed E-state index contributed by atoms with van der Waals surface area (Å²) in [6, 6.07) is 0. The molecule has 1 atom stereocenters. The number of nitrogens with one attached hydrogen (secondary N) is 2. The minimum atomic E-state index is -0.725. The Bertz CT molecular complexity index is 175. The maximum Gasteiger partial charge on any atom is 0.275 e. The SMILES string of the molecule is CCCONC(=O)C(CC)ONC=O. The molecule has 0 aromatic heterocycles. The van der Waals surface area contributed by atoms with Gasteiger partial charge in [-0.25, -0.2) is 11.0 Å². The fourth-order valence-corrected chi connectivity index (χ4v) is 0.722. The summed E-state index contributed by atoms with van der Waals surface area (Å²) < 4.78 is 0. The molecule has 0 heterocycles. The first-order valence-electron chi connectivity index (χ1n) is 4.52. The van der Waals surface area contributed by atoms with E-state index >= 15 is 0 Å². The third-order valence-corrected chi connectivity index (χ3v) is 1.40. The van der Waals surface area contributed by atoms with Gasteiger partial charge in [0.05, 0.1) is 6.61 Å². The third kappa shape index (κ3) is 5.50. The quantitative estimate of drug-likeness (QED) is 0.329. The predicted molar refractivity (Wildman–Crippen MR) is 48.7 cm³/mol. The molecule has 2 N–H and O–H groups in total. The van der Waals surface area contributed by atoms with Gasteiger partial charge >= 0.3 is 0 Å². The van der Waals surface area contributed by atoms with Crippen LogP contribution in [0.15, 0.2) is 0 Å². The molecular weight excluding hydrogens is 188 g/mol. The molecule has 0 saturated heterocycles. The Labute approximate surface area is 82.9 Å². The largest absolute Gasteiger partial charge is 0.277 e. The topological polar surface area (TPSA) is 76.7 Å². The van der Waals surface area contributed by atoms with Gasteiger partial charge < -0.3 is 0 Å². The van der Waals surface area contributed by atoms with E-state index in [-0.39, 0.29) is 0 Å². The van der Waals surface area contributed by atoms with E-state index in [0.717, 1.165) is 6.42 Å². The summed E-state index contributed by atoms with van der Waals surface area (Å²) in [6.45, 7) is 4.13. The average Bonchev–Trinajstić information content (AvgIpc) is 2.19. The van der Waals surface area contributed by atoms with Gasteiger partial charge in [-0.1, -0.05) is 13.8 Å². The lowest BCUT2D eigenvalue weighted by Crippen LogP contribution is -2.39. The van der Waals surface area contributed by atoms with Gasteiger partial charge in [-0.05, 0) is 12.8 Å². The lowest BCUT2D eigenvalue weighted by Gasteiger charge is -2.13. The molecule has 0 rings (SSSR count). The number of carbonyl (C=O) groups excluding carboxylic acids is 2. The number of carbonyl (C=O) groups is 2. The summed E-state index contributed by atoms with van der Waals surface area (Å²) in [6.07, 6.45) is 0.896. The molecule has 6 heteroatoms. The molecule has 0 radical (unpaired) electrons. The van der Waals surface area contributed by atoms with Gasteiger partial charge in [-0.3, -0.25) is 19.3 Å². The standard InChI is InChI=1S/C8H16N2O4/c1-3-5-13-10-8(12)7(4-2)14-9-6-11/h6-7H,3-5H2,1-2H3,(H,9,11)(H,10,12). The monoisotopic (exact) mass is 204 g/mol. The van der Waals surface area contributed by atoms with Gasteiger partial charge in [0.25, 0.3) is 5.91 Å². The number of rotatable bonds is 8. The third-order valence-electron chi connectivity index (χ3n) is 1.40. The van der Waals surface area contributed by atoms with Crippen LogP contribution in [0.25, 0.3) is 0 Å². The molecule has 0 saturated carbocycles. The van der Waals surface area contributed by atoms with Gasteiger partial charge in [0, 0.05) is 0 Å².